The van der Waals surface area contributed by atoms with Crippen molar-refractivity contribution in [3.8, 4) is 11.3 Å². The first-order valence-corrected chi connectivity index (χ1v) is 9.47. The maximum absolute atomic E-state index is 6.24. The molecule has 0 spiro atoms. The number of nitrogens with zero attached hydrogens (tertiary/aromatic N) is 3. The van der Waals surface area contributed by atoms with Crippen LogP contribution < -0.4 is 5.32 Å². The van der Waals surface area contributed by atoms with Gasteiger partial charge in [0.1, 0.15) is 5.69 Å². The molecule has 1 aliphatic heterocycles. The van der Waals surface area contributed by atoms with Crippen molar-refractivity contribution in [3.05, 3.63) is 47.3 Å². The van der Waals surface area contributed by atoms with Gasteiger partial charge in [0.05, 0.1) is 12.2 Å². The van der Waals surface area contributed by atoms with Gasteiger partial charge in [-0.15, -0.1) is 0 Å². The second-order valence-electron chi connectivity index (χ2n) is 6.61. The number of piperidine rings is 1. The second-order valence-corrected chi connectivity index (χ2v) is 7.04. The first-order valence-electron chi connectivity index (χ1n) is 9.09. The number of hydrogen-bond acceptors (Lipinski definition) is 3. The van der Waals surface area contributed by atoms with Gasteiger partial charge in [-0.3, -0.25) is 4.68 Å². The van der Waals surface area contributed by atoms with Gasteiger partial charge in [0.25, 0.3) is 0 Å². The Bertz CT molecular complexity index is 744. The van der Waals surface area contributed by atoms with E-state index in [-0.39, 0.29) is 0 Å². The lowest BCUT2D eigenvalue weighted by molar-refractivity contribution is 0.271. The molecule has 1 aliphatic rings. The molecule has 0 saturated carbocycles. The molecule has 1 aromatic carbocycles. The number of aromatic nitrogens is 2. The molecule has 2 aromatic rings. The van der Waals surface area contributed by atoms with Crippen LogP contribution in [0.3, 0.4) is 0 Å². The molecule has 0 atom stereocenters. The van der Waals surface area contributed by atoms with Gasteiger partial charge in [-0.25, -0.2) is 0 Å². The minimum Gasteiger partial charge on any atom is -0.385 e. The van der Waals surface area contributed by atoms with Crippen LogP contribution in [0, 0.1) is 0 Å². The van der Waals surface area contributed by atoms with E-state index in [9.17, 15) is 0 Å². The van der Waals surface area contributed by atoms with Crippen molar-refractivity contribution in [1.29, 1.82) is 0 Å². The van der Waals surface area contributed by atoms with Crippen LogP contribution in [0.15, 0.2) is 36.7 Å². The monoisotopic (exact) mass is 358 g/mol. The summed E-state index contributed by atoms with van der Waals surface area (Å²) in [6, 6.07) is 6.04. The van der Waals surface area contributed by atoms with Gasteiger partial charge in [-0.1, -0.05) is 31.2 Å². The fourth-order valence-electron chi connectivity index (χ4n) is 3.46. The third-order valence-corrected chi connectivity index (χ3v) is 5.12. The SMILES string of the molecule is C=C(Cn1cc(NC)c(-c2cc(Cl)ccc2CC)n1)N1CCCCC1. The fraction of sp³-hybridized carbons (Fsp3) is 0.450. The van der Waals surface area contributed by atoms with Crippen LogP contribution in [0.1, 0.15) is 31.7 Å². The van der Waals surface area contributed by atoms with Crippen molar-refractivity contribution in [2.24, 2.45) is 0 Å². The minimum atomic E-state index is 0.719. The summed E-state index contributed by atoms with van der Waals surface area (Å²) in [6.07, 6.45) is 6.85. The lowest BCUT2D eigenvalue weighted by Crippen LogP contribution is -2.30. The summed E-state index contributed by atoms with van der Waals surface area (Å²) in [5.41, 5.74) is 5.46. The number of benzene rings is 1. The van der Waals surface area contributed by atoms with Crippen molar-refractivity contribution in [1.82, 2.24) is 14.7 Å². The molecule has 2 heterocycles. The first-order chi connectivity index (χ1) is 12.1. The van der Waals surface area contributed by atoms with Crippen molar-refractivity contribution in [2.75, 3.05) is 25.5 Å². The molecule has 134 valence electrons. The highest BCUT2D eigenvalue weighted by Crippen LogP contribution is 2.32. The van der Waals surface area contributed by atoms with Crippen LogP contribution in [0.4, 0.5) is 5.69 Å². The molecule has 3 rings (SSSR count). The Morgan fingerprint density at radius 1 is 1.28 bits per heavy atom. The Kier molecular flexibility index (Phi) is 5.69. The lowest BCUT2D eigenvalue weighted by atomic mass is 10.0. The average molecular weight is 359 g/mol. The van der Waals surface area contributed by atoms with Gasteiger partial charge >= 0.3 is 0 Å². The predicted molar refractivity (Wildman–Crippen MR) is 106 cm³/mol. The number of nitrogens with one attached hydrogen (secondary N) is 1. The molecule has 0 unspecified atom stereocenters. The average Bonchev–Trinajstić information content (AvgIpc) is 3.05. The maximum atomic E-state index is 6.24. The Morgan fingerprint density at radius 2 is 2.04 bits per heavy atom. The van der Waals surface area contributed by atoms with E-state index in [0.29, 0.717) is 0 Å². The summed E-state index contributed by atoms with van der Waals surface area (Å²) < 4.78 is 1.98. The van der Waals surface area contributed by atoms with Crippen LogP contribution >= 0.6 is 11.6 Å². The largest absolute Gasteiger partial charge is 0.385 e. The molecule has 0 radical (unpaired) electrons. The highest BCUT2D eigenvalue weighted by Gasteiger charge is 2.16. The summed E-state index contributed by atoms with van der Waals surface area (Å²) in [6.45, 7) is 9.38. The normalized spacial score (nSPS) is 14.6. The van der Waals surface area contributed by atoms with E-state index in [1.165, 1.54) is 24.8 Å². The third-order valence-electron chi connectivity index (χ3n) is 4.89. The first kappa shape index (κ1) is 17.9. The van der Waals surface area contributed by atoms with E-state index in [2.05, 4.69) is 36.0 Å². The topological polar surface area (TPSA) is 33.1 Å². The number of halogens is 1. The predicted octanol–water partition coefficient (Wildman–Crippen LogP) is 4.81. The number of aryl methyl sites for hydroxylation is 1. The summed E-state index contributed by atoms with van der Waals surface area (Å²) in [7, 11) is 1.93. The zero-order valence-electron chi connectivity index (χ0n) is 15.2. The zero-order valence-corrected chi connectivity index (χ0v) is 15.9. The summed E-state index contributed by atoms with van der Waals surface area (Å²) >= 11 is 6.24. The van der Waals surface area contributed by atoms with Crippen LogP contribution in [0.2, 0.25) is 5.02 Å². The van der Waals surface area contributed by atoms with Crippen molar-refractivity contribution in [2.45, 2.75) is 39.2 Å². The molecule has 1 N–H and O–H groups in total. The molecular formula is C20H27ClN4. The van der Waals surface area contributed by atoms with E-state index in [1.54, 1.807) is 0 Å². The second kappa shape index (κ2) is 7.96. The molecule has 1 aromatic heterocycles. The summed E-state index contributed by atoms with van der Waals surface area (Å²) in [5.74, 6) is 0. The maximum Gasteiger partial charge on any atom is 0.116 e. The van der Waals surface area contributed by atoms with Crippen LogP contribution in [0.25, 0.3) is 11.3 Å². The van der Waals surface area contributed by atoms with Crippen LogP contribution in [-0.2, 0) is 13.0 Å². The molecule has 4 nitrogen and oxygen atoms in total. The van der Waals surface area contributed by atoms with Crippen molar-refractivity contribution < 1.29 is 0 Å². The number of allylic oxidation sites excluding steroid dienone is 1. The Labute approximate surface area is 155 Å². The molecule has 1 fully saturated rings. The smallest absolute Gasteiger partial charge is 0.116 e. The van der Waals surface area contributed by atoms with Gasteiger partial charge in [0.15, 0.2) is 0 Å². The van der Waals surface area contributed by atoms with Gasteiger partial charge < -0.3 is 10.2 Å². The Morgan fingerprint density at radius 3 is 2.72 bits per heavy atom. The van der Waals surface area contributed by atoms with E-state index in [4.69, 9.17) is 16.7 Å². The molecule has 0 bridgehead atoms. The standard InChI is InChI=1S/C20H27ClN4/c1-4-16-8-9-17(21)12-18(16)20-19(22-3)14-25(23-20)13-15(2)24-10-6-5-7-11-24/h8-9,12,14,22H,2,4-7,10-11,13H2,1,3H3. The van der Waals surface area contributed by atoms with E-state index >= 15 is 0 Å². The van der Waals surface area contributed by atoms with E-state index in [1.807, 2.05) is 23.9 Å². The molecular weight excluding hydrogens is 332 g/mol. The number of anilines is 1. The van der Waals surface area contributed by atoms with Crippen LogP contribution in [-0.4, -0.2) is 34.8 Å². The highest BCUT2D eigenvalue weighted by molar-refractivity contribution is 6.30. The quantitative estimate of drug-likeness (QED) is 0.804. The van der Waals surface area contributed by atoms with Crippen LogP contribution in [0.5, 0.6) is 0 Å². The van der Waals surface area contributed by atoms with Gasteiger partial charge in [0.2, 0.25) is 0 Å². The molecule has 0 amide bonds. The lowest BCUT2D eigenvalue weighted by Gasteiger charge is -2.30. The molecule has 25 heavy (non-hydrogen) atoms. The summed E-state index contributed by atoms with van der Waals surface area (Å²) in [5, 5.41) is 8.85. The highest BCUT2D eigenvalue weighted by atomic mass is 35.5. The van der Waals surface area contributed by atoms with E-state index in [0.717, 1.165) is 53.7 Å². The summed E-state index contributed by atoms with van der Waals surface area (Å²) in [4.78, 5) is 2.39. The minimum absolute atomic E-state index is 0.719. The number of rotatable bonds is 6. The Balaban J connectivity index is 1.87. The number of hydrogen-bond donors (Lipinski definition) is 1. The third kappa shape index (κ3) is 4.01. The fourth-order valence-corrected chi connectivity index (χ4v) is 3.63. The molecule has 5 heteroatoms. The van der Waals surface area contributed by atoms with Gasteiger partial charge in [-0.2, -0.15) is 5.10 Å². The van der Waals surface area contributed by atoms with Crippen molar-refractivity contribution >= 4 is 17.3 Å². The molecule has 0 aliphatic carbocycles. The molecule has 1 saturated heterocycles. The Hall–Kier alpha value is -1.94. The van der Waals surface area contributed by atoms with Gasteiger partial charge in [0, 0.05) is 42.6 Å². The van der Waals surface area contributed by atoms with Crippen molar-refractivity contribution in [3.63, 3.8) is 0 Å². The zero-order chi connectivity index (χ0) is 17.8. The van der Waals surface area contributed by atoms with E-state index < -0.39 is 0 Å². The van der Waals surface area contributed by atoms with Gasteiger partial charge in [-0.05, 0) is 43.4 Å². The number of likely N-dealkylation sites (tertiary alicyclic amines) is 1.